The van der Waals surface area contributed by atoms with Gasteiger partial charge in [0.1, 0.15) is 4.90 Å². The zero-order valence-corrected chi connectivity index (χ0v) is 18.5. The van der Waals surface area contributed by atoms with E-state index >= 15 is 0 Å². The van der Waals surface area contributed by atoms with Gasteiger partial charge in [-0.25, -0.2) is 13.1 Å². The van der Waals surface area contributed by atoms with E-state index in [2.05, 4.69) is 28.0 Å². The number of halogens is 1. The van der Waals surface area contributed by atoms with Gasteiger partial charge in [-0.15, -0.1) is 0 Å². The third kappa shape index (κ3) is 4.10. The van der Waals surface area contributed by atoms with E-state index in [4.69, 9.17) is 11.6 Å². The monoisotopic (exact) mass is 457 g/mol. The molecule has 2 N–H and O–H groups in total. The lowest BCUT2D eigenvalue weighted by Crippen LogP contribution is -2.38. The third-order valence-electron chi connectivity index (χ3n) is 6.21. The van der Waals surface area contributed by atoms with Crippen LogP contribution in [0.25, 0.3) is 10.9 Å². The van der Waals surface area contributed by atoms with Gasteiger partial charge in [-0.1, -0.05) is 29.8 Å². The van der Waals surface area contributed by atoms with Crippen LogP contribution in [0, 0.1) is 0 Å². The molecule has 0 atom stereocenters. The second kappa shape index (κ2) is 7.97. The van der Waals surface area contributed by atoms with Gasteiger partial charge in [0.15, 0.2) is 0 Å². The van der Waals surface area contributed by atoms with Crippen molar-refractivity contribution in [3.63, 3.8) is 0 Å². The van der Waals surface area contributed by atoms with Crippen molar-refractivity contribution in [2.75, 3.05) is 13.1 Å². The van der Waals surface area contributed by atoms with E-state index in [1.807, 2.05) is 12.1 Å². The van der Waals surface area contributed by atoms with E-state index in [0.29, 0.717) is 24.6 Å². The molecule has 0 spiro atoms. The largest absolute Gasteiger partial charge is 0.361 e. The van der Waals surface area contributed by atoms with Crippen LogP contribution in [-0.4, -0.2) is 43.3 Å². The molecule has 8 heteroatoms. The minimum atomic E-state index is -3.73. The molecule has 2 aliphatic rings. The van der Waals surface area contributed by atoms with Crippen molar-refractivity contribution >= 4 is 38.4 Å². The second-order valence-electron chi connectivity index (χ2n) is 8.40. The summed E-state index contributed by atoms with van der Waals surface area (Å²) in [6.07, 6.45) is 5.49. The predicted octanol–water partition coefficient (Wildman–Crippen LogP) is 4.28. The van der Waals surface area contributed by atoms with E-state index in [9.17, 15) is 13.2 Å². The quantitative estimate of drug-likeness (QED) is 0.599. The van der Waals surface area contributed by atoms with E-state index < -0.39 is 10.0 Å². The van der Waals surface area contributed by atoms with Gasteiger partial charge in [-0.05, 0) is 61.4 Å². The molecule has 2 aromatic carbocycles. The van der Waals surface area contributed by atoms with E-state index in [1.165, 1.54) is 23.1 Å². The molecule has 0 unspecified atom stereocenters. The number of piperidine rings is 1. The maximum atomic E-state index is 13.1. The SMILES string of the molecule is O=C(c1ccc(Cl)c(S(=O)(=O)NC2CC2)c1)N1CCC(c2c[nH]c3ccccc23)CC1. The number of amides is 1. The number of nitrogens with one attached hydrogen (secondary N) is 2. The summed E-state index contributed by atoms with van der Waals surface area (Å²) >= 11 is 6.15. The molecular formula is C23H24ClN3O3S. The van der Waals surface area contributed by atoms with Crippen molar-refractivity contribution in [2.45, 2.75) is 42.5 Å². The number of fused-ring (bicyclic) bond motifs is 1. The molecule has 162 valence electrons. The van der Waals surface area contributed by atoms with Gasteiger partial charge >= 0.3 is 0 Å². The molecular weight excluding hydrogens is 434 g/mol. The van der Waals surface area contributed by atoms with Crippen molar-refractivity contribution < 1.29 is 13.2 Å². The Balaban J connectivity index is 1.31. The summed E-state index contributed by atoms with van der Waals surface area (Å²) in [5.74, 6) is 0.237. The predicted molar refractivity (Wildman–Crippen MR) is 121 cm³/mol. The van der Waals surface area contributed by atoms with Gasteiger partial charge in [-0.2, -0.15) is 0 Å². The highest BCUT2D eigenvalue weighted by Crippen LogP contribution is 2.34. The minimum absolute atomic E-state index is 0.0241. The van der Waals surface area contributed by atoms with Crippen molar-refractivity contribution in [2.24, 2.45) is 0 Å². The number of hydrogen-bond acceptors (Lipinski definition) is 3. The van der Waals surface area contributed by atoms with Crippen LogP contribution in [-0.2, 0) is 10.0 Å². The third-order valence-corrected chi connectivity index (χ3v) is 8.21. The number of rotatable bonds is 5. The van der Waals surface area contributed by atoms with Crippen LogP contribution < -0.4 is 4.72 Å². The first-order valence-corrected chi connectivity index (χ1v) is 12.5. The Labute approximate surface area is 186 Å². The average Bonchev–Trinajstić information content (AvgIpc) is 3.47. The first kappa shape index (κ1) is 20.5. The Bertz CT molecular complexity index is 1240. The Hall–Kier alpha value is -2.35. The summed E-state index contributed by atoms with van der Waals surface area (Å²) in [4.78, 5) is 18.2. The summed E-state index contributed by atoms with van der Waals surface area (Å²) in [7, 11) is -3.73. The summed E-state index contributed by atoms with van der Waals surface area (Å²) < 4.78 is 27.9. The highest BCUT2D eigenvalue weighted by Gasteiger charge is 2.31. The zero-order valence-electron chi connectivity index (χ0n) is 17.0. The van der Waals surface area contributed by atoms with Crippen LogP contribution >= 0.6 is 11.6 Å². The lowest BCUT2D eigenvalue weighted by Gasteiger charge is -2.32. The molecule has 1 amide bonds. The number of aromatic amines is 1. The van der Waals surface area contributed by atoms with Crippen molar-refractivity contribution in [3.05, 3.63) is 64.8 Å². The summed E-state index contributed by atoms with van der Waals surface area (Å²) in [5, 5.41) is 1.37. The molecule has 2 fully saturated rings. The van der Waals surface area contributed by atoms with Crippen LogP contribution in [0.3, 0.4) is 0 Å². The highest BCUT2D eigenvalue weighted by atomic mass is 35.5. The van der Waals surface area contributed by atoms with Gasteiger partial charge in [0.25, 0.3) is 5.91 Å². The number of benzene rings is 2. The van der Waals surface area contributed by atoms with Gasteiger partial charge in [0, 0.05) is 41.8 Å². The van der Waals surface area contributed by atoms with Crippen LogP contribution in [0.5, 0.6) is 0 Å². The number of carbonyl (C=O) groups excluding carboxylic acids is 1. The van der Waals surface area contributed by atoms with Crippen LogP contribution in [0.15, 0.2) is 53.6 Å². The van der Waals surface area contributed by atoms with E-state index in [0.717, 1.165) is 31.2 Å². The Kier molecular flexibility index (Phi) is 5.28. The molecule has 1 saturated carbocycles. The van der Waals surface area contributed by atoms with E-state index in [1.54, 1.807) is 11.0 Å². The normalized spacial score (nSPS) is 17.9. The summed E-state index contributed by atoms with van der Waals surface area (Å²) in [6, 6.07) is 12.7. The maximum Gasteiger partial charge on any atom is 0.253 e. The highest BCUT2D eigenvalue weighted by molar-refractivity contribution is 7.89. The molecule has 1 aromatic heterocycles. The molecule has 2 heterocycles. The fraction of sp³-hybridized carbons (Fsp3) is 0.348. The number of aromatic nitrogens is 1. The number of sulfonamides is 1. The van der Waals surface area contributed by atoms with Gasteiger partial charge in [0.05, 0.1) is 5.02 Å². The number of likely N-dealkylation sites (tertiary alicyclic amines) is 1. The molecule has 1 aliphatic heterocycles. The number of H-pyrrole nitrogens is 1. The maximum absolute atomic E-state index is 13.1. The van der Waals surface area contributed by atoms with Crippen molar-refractivity contribution in [1.82, 2.24) is 14.6 Å². The topological polar surface area (TPSA) is 82.3 Å². The summed E-state index contributed by atoms with van der Waals surface area (Å²) in [6.45, 7) is 1.27. The number of carbonyl (C=O) groups is 1. The van der Waals surface area contributed by atoms with Gasteiger partial charge in [-0.3, -0.25) is 4.79 Å². The number of hydrogen-bond donors (Lipinski definition) is 2. The average molecular weight is 458 g/mol. The van der Waals surface area contributed by atoms with Crippen LogP contribution in [0.2, 0.25) is 5.02 Å². The molecule has 3 aromatic rings. The zero-order chi connectivity index (χ0) is 21.6. The summed E-state index contributed by atoms with van der Waals surface area (Å²) in [5.41, 5.74) is 2.78. The van der Waals surface area contributed by atoms with Crippen LogP contribution in [0.4, 0.5) is 0 Å². The molecule has 31 heavy (non-hydrogen) atoms. The standard InChI is InChI=1S/C23H24ClN3O3S/c24-20-8-5-16(13-22(20)31(29,30)26-17-6-7-17)23(28)27-11-9-15(10-12-27)19-14-25-21-4-2-1-3-18(19)21/h1-5,8,13-15,17,25-26H,6-7,9-12H2. The smallest absolute Gasteiger partial charge is 0.253 e. The minimum Gasteiger partial charge on any atom is -0.361 e. The number of para-hydroxylation sites is 1. The number of nitrogens with zero attached hydrogens (tertiary/aromatic N) is 1. The van der Waals surface area contributed by atoms with E-state index in [-0.39, 0.29) is 21.9 Å². The van der Waals surface area contributed by atoms with Crippen molar-refractivity contribution in [3.8, 4) is 0 Å². The molecule has 1 saturated heterocycles. The second-order valence-corrected chi connectivity index (χ2v) is 10.5. The molecule has 6 nitrogen and oxygen atoms in total. The fourth-order valence-corrected chi connectivity index (χ4v) is 6.16. The van der Waals surface area contributed by atoms with Gasteiger partial charge in [0.2, 0.25) is 10.0 Å². The molecule has 0 bridgehead atoms. The first-order chi connectivity index (χ1) is 14.9. The first-order valence-electron chi connectivity index (χ1n) is 10.6. The van der Waals surface area contributed by atoms with Gasteiger partial charge < -0.3 is 9.88 Å². The lowest BCUT2D eigenvalue weighted by atomic mass is 9.89. The lowest BCUT2D eigenvalue weighted by molar-refractivity contribution is 0.0713. The molecule has 1 aliphatic carbocycles. The fourth-order valence-electron chi connectivity index (χ4n) is 4.33. The molecule has 5 rings (SSSR count). The Morgan fingerprint density at radius 1 is 1.06 bits per heavy atom. The van der Waals surface area contributed by atoms with Crippen molar-refractivity contribution in [1.29, 1.82) is 0 Å². The Morgan fingerprint density at radius 3 is 2.55 bits per heavy atom. The molecule has 0 radical (unpaired) electrons. The van der Waals surface area contributed by atoms with Crippen LogP contribution in [0.1, 0.15) is 47.5 Å². The Morgan fingerprint density at radius 2 is 1.81 bits per heavy atom.